The quantitative estimate of drug-likeness (QED) is 0.804. The Bertz CT molecular complexity index is 546. The number of hydrogen-bond acceptors (Lipinski definition) is 5. The molecule has 0 spiro atoms. The van der Waals surface area contributed by atoms with Crippen molar-refractivity contribution in [3.63, 3.8) is 0 Å². The molecule has 21 heavy (non-hydrogen) atoms. The van der Waals surface area contributed by atoms with Crippen LogP contribution in [0.1, 0.15) is 33.1 Å². The molecule has 0 aromatic carbocycles. The van der Waals surface area contributed by atoms with Gasteiger partial charge in [-0.2, -0.15) is 11.8 Å². The molecule has 1 fully saturated rings. The van der Waals surface area contributed by atoms with Gasteiger partial charge in [-0.1, -0.05) is 6.92 Å². The van der Waals surface area contributed by atoms with Gasteiger partial charge in [-0.25, -0.2) is 18.1 Å². The lowest BCUT2D eigenvalue weighted by atomic mass is 10.3. The van der Waals surface area contributed by atoms with Gasteiger partial charge in [0, 0.05) is 24.0 Å². The summed E-state index contributed by atoms with van der Waals surface area (Å²) >= 11 is 1.92. The van der Waals surface area contributed by atoms with Crippen molar-refractivity contribution in [1.29, 1.82) is 0 Å². The second-order valence-corrected chi connectivity index (χ2v) is 8.41. The highest BCUT2D eigenvalue weighted by molar-refractivity contribution is 7.99. The number of sulfonamides is 1. The predicted molar refractivity (Wildman–Crippen MR) is 88.3 cm³/mol. The molecule has 2 rings (SSSR count). The molecule has 0 aliphatic heterocycles. The molecule has 1 saturated carbocycles. The summed E-state index contributed by atoms with van der Waals surface area (Å²) in [6.07, 6.45) is 4.33. The second kappa shape index (κ2) is 7.47. The summed E-state index contributed by atoms with van der Waals surface area (Å²) in [4.78, 5) is 4.35. The molecule has 0 bridgehead atoms. The zero-order valence-corrected chi connectivity index (χ0v) is 14.1. The molecule has 2 unspecified atom stereocenters. The summed E-state index contributed by atoms with van der Waals surface area (Å²) in [5.74, 6) is 1.77. The standard InChI is InChI=1S/C14H23N3O2S2/c1-3-15-14-8-7-13(10-16-14)21(18,19)17-11-5-6-12(9-11)20-4-2/h7-8,10-12,17H,3-6,9H2,1-2H3,(H,15,16). The number of aromatic nitrogens is 1. The third-order valence-corrected chi connectivity index (χ3v) is 6.25. The number of thioether (sulfide) groups is 1. The van der Waals surface area contributed by atoms with Crippen LogP contribution in [0.25, 0.3) is 0 Å². The first kappa shape index (κ1) is 16.6. The van der Waals surface area contributed by atoms with E-state index in [4.69, 9.17) is 0 Å². The van der Waals surface area contributed by atoms with Crippen LogP contribution in [-0.4, -0.2) is 37.0 Å². The molecule has 7 heteroatoms. The number of rotatable bonds is 7. The Morgan fingerprint density at radius 3 is 2.76 bits per heavy atom. The van der Waals surface area contributed by atoms with Gasteiger partial charge >= 0.3 is 0 Å². The first-order valence-corrected chi connectivity index (χ1v) is 9.92. The largest absolute Gasteiger partial charge is 0.370 e. The molecule has 0 saturated heterocycles. The fourth-order valence-electron chi connectivity index (χ4n) is 2.55. The lowest BCUT2D eigenvalue weighted by Gasteiger charge is -2.13. The van der Waals surface area contributed by atoms with Crippen LogP contribution in [-0.2, 0) is 10.0 Å². The van der Waals surface area contributed by atoms with E-state index in [0.717, 1.165) is 31.6 Å². The van der Waals surface area contributed by atoms with Crippen molar-refractivity contribution in [2.75, 3.05) is 17.6 Å². The predicted octanol–water partition coefficient (Wildman–Crippen LogP) is 2.47. The normalized spacial score (nSPS) is 22.4. The van der Waals surface area contributed by atoms with Gasteiger partial charge < -0.3 is 5.32 Å². The first-order valence-electron chi connectivity index (χ1n) is 7.39. The zero-order chi connectivity index (χ0) is 15.3. The minimum absolute atomic E-state index is 0.0486. The average Bonchev–Trinajstić information content (AvgIpc) is 2.87. The third-order valence-electron chi connectivity index (χ3n) is 3.51. The van der Waals surface area contributed by atoms with Crippen LogP contribution in [0.15, 0.2) is 23.2 Å². The third kappa shape index (κ3) is 4.59. The van der Waals surface area contributed by atoms with Crippen molar-refractivity contribution in [3.05, 3.63) is 18.3 Å². The summed E-state index contributed by atoms with van der Waals surface area (Å²) in [6, 6.07) is 3.34. The highest BCUT2D eigenvalue weighted by atomic mass is 32.2. The van der Waals surface area contributed by atoms with Gasteiger partial charge in [-0.3, -0.25) is 0 Å². The van der Waals surface area contributed by atoms with Crippen LogP contribution in [0.3, 0.4) is 0 Å². The molecule has 1 aliphatic carbocycles. The molecule has 2 atom stereocenters. The fraction of sp³-hybridized carbons (Fsp3) is 0.643. The van der Waals surface area contributed by atoms with Crippen LogP contribution in [0, 0.1) is 0 Å². The Morgan fingerprint density at radius 2 is 2.14 bits per heavy atom. The van der Waals surface area contributed by atoms with Gasteiger partial charge in [0.2, 0.25) is 10.0 Å². The summed E-state index contributed by atoms with van der Waals surface area (Å²) in [5, 5.41) is 3.63. The molecule has 1 aromatic heterocycles. The van der Waals surface area contributed by atoms with Crippen LogP contribution < -0.4 is 10.0 Å². The van der Waals surface area contributed by atoms with Gasteiger partial charge in [0.1, 0.15) is 10.7 Å². The molecular formula is C14H23N3O2S2. The molecule has 2 N–H and O–H groups in total. The van der Waals surface area contributed by atoms with Crippen molar-refractivity contribution in [2.45, 2.75) is 49.3 Å². The number of nitrogens with zero attached hydrogens (tertiary/aromatic N) is 1. The van der Waals surface area contributed by atoms with Crippen LogP contribution in [0.5, 0.6) is 0 Å². The summed E-state index contributed by atoms with van der Waals surface area (Å²) in [7, 11) is -3.46. The van der Waals surface area contributed by atoms with Gasteiger partial charge in [-0.15, -0.1) is 0 Å². The van der Waals surface area contributed by atoms with E-state index < -0.39 is 10.0 Å². The Kier molecular flexibility index (Phi) is 5.89. The van der Waals surface area contributed by atoms with E-state index >= 15 is 0 Å². The highest BCUT2D eigenvalue weighted by Gasteiger charge is 2.28. The van der Waals surface area contributed by atoms with E-state index in [2.05, 4.69) is 21.9 Å². The number of anilines is 1. The average molecular weight is 329 g/mol. The Morgan fingerprint density at radius 1 is 1.33 bits per heavy atom. The van der Waals surface area contributed by atoms with Crippen molar-refractivity contribution < 1.29 is 8.42 Å². The maximum absolute atomic E-state index is 12.3. The highest BCUT2D eigenvalue weighted by Crippen LogP contribution is 2.30. The monoisotopic (exact) mass is 329 g/mol. The number of pyridine rings is 1. The van der Waals surface area contributed by atoms with E-state index in [9.17, 15) is 8.42 Å². The maximum atomic E-state index is 12.3. The Labute approximate surface area is 131 Å². The van der Waals surface area contributed by atoms with Crippen molar-refractivity contribution in [2.24, 2.45) is 0 Å². The molecule has 5 nitrogen and oxygen atoms in total. The van der Waals surface area contributed by atoms with Crippen molar-refractivity contribution in [3.8, 4) is 0 Å². The van der Waals surface area contributed by atoms with E-state index in [1.54, 1.807) is 12.1 Å². The van der Waals surface area contributed by atoms with Gasteiger partial charge in [0.05, 0.1) is 0 Å². The Balaban J connectivity index is 1.98. The molecule has 118 valence electrons. The van der Waals surface area contributed by atoms with Crippen LogP contribution in [0.4, 0.5) is 5.82 Å². The molecule has 1 aromatic rings. The first-order chi connectivity index (χ1) is 10.0. The summed E-state index contributed by atoms with van der Waals surface area (Å²) in [6.45, 7) is 4.87. The lowest BCUT2D eigenvalue weighted by Crippen LogP contribution is -2.33. The van der Waals surface area contributed by atoms with Crippen LogP contribution >= 0.6 is 11.8 Å². The molecule has 0 radical (unpaired) electrons. The maximum Gasteiger partial charge on any atom is 0.242 e. The minimum atomic E-state index is -3.46. The van der Waals surface area contributed by atoms with Gasteiger partial charge in [0.25, 0.3) is 0 Å². The summed E-state index contributed by atoms with van der Waals surface area (Å²) < 4.78 is 27.5. The minimum Gasteiger partial charge on any atom is -0.370 e. The van der Waals surface area contributed by atoms with E-state index in [-0.39, 0.29) is 10.9 Å². The van der Waals surface area contributed by atoms with E-state index in [1.165, 1.54) is 6.20 Å². The molecule has 0 amide bonds. The van der Waals surface area contributed by atoms with Gasteiger partial charge in [0.15, 0.2) is 0 Å². The smallest absolute Gasteiger partial charge is 0.242 e. The number of hydrogen-bond donors (Lipinski definition) is 2. The lowest BCUT2D eigenvalue weighted by molar-refractivity contribution is 0.552. The molecule has 1 heterocycles. The van der Waals surface area contributed by atoms with Crippen molar-refractivity contribution in [1.82, 2.24) is 9.71 Å². The number of nitrogens with one attached hydrogen (secondary N) is 2. The fourth-order valence-corrected chi connectivity index (χ4v) is 4.92. The molecular weight excluding hydrogens is 306 g/mol. The van der Waals surface area contributed by atoms with Gasteiger partial charge in [-0.05, 0) is 44.1 Å². The SMILES string of the molecule is CCNc1ccc(S(=O)(=O)NC2CCC(SCC)C2)cn1. The van der Waals surface area contributed by atoms with Crippen LogP contribution in [0.2, 0.25) is 0 Å². The zero-order valence-electron chi connectivity index (χ0n) is 12.5. The summed E-state index contributed by atoms with van der Waals surface area (Å²) in [5.41, 5.74) is 0. The van der Waals surface area contributed by atoms with E-state index in [0.29, 0.717) is 11.1 Å². The van der Waals surface area contributed by atoms with Crippen molar-refractivity contribution >= 4 is 27.6 Å². The van der Waals surface area contributed by atoms with E-state index in [1.807, 2.05) is 18.7 Å². The molecule has 1 aliphatic rings. The second-order valence-electron chi connectivity index (χ2n) is 5.12. The Hall–Kier alpha value is -0.790. The topological polar surface area (TPSA) is 71.1 Å².